The van der Waals surface area contributed by atoms with Crippen LogP contribution in [0.25, 0.3) is 10.8 Å². The Hall–Kier alpha value is -3.90. The molecular formula is C30H28FNO4. The van der Waals surface area contributed by atoms with E-state index in [1.54, 1.807) is 12.1 Å². The van der Waals surface area contributed by atoms with Crippen molar-refractivity contribution in [3.63, 3.8) is 0 Å². The van der Waals surface area contributed by atoms with Gasteiger partial charge in [-0.05, 0) is 47.4 Å². The maximum atomic E-state index is 15.4. The van der Waals surface area contributed by atoms with Crippen LogP contribution in [0, 0.1) is 5.82 Å². The molecule has 0 unspecified atom stereocenters. The summed E-state index contributed by atoms with van der Waals surface area (Å²) in [5.74, 6) is -1.25. The lowest BCUT2D eigenvalue weighted by Gasteiger charge is -2.33. The molecule has 0 aliphatic carbocycles. The first kappa shape index (κ1) is 23.8. The molecular weight excluding hydrogens is 457 g/mol. The second kappa shape index (κ2) is 10.4. The fourth-order valence-electron chi connectivity index (χ4n) is 5.01. The Morgan fingerprint density at radius 3 is 2.61 bits per heavy atom. The molecule has 1 heterocycles. The summed E-state index contributed by atoms with van der Waals surface area (Å²) >= 11 is 0. The number of aliphatic carboxylic acids is 1. The second-order valence-corrected chi connectivity index (χ2v) is 9.11. The summed E-state index contributed by atoms with van der Waals surface area (Å²) < 4.78 is 26.9. The van der Waals surface area contributed by atoms with Crippen molar-refractivity contribution >= 4 is 16.7 Å². The molecule has 0 saturated carbocycles. The quantitative estimate of drug-likeness (QED) is 0.317. The number of rotatable bonds is 8. The molecule has 5 rings (SSSR count). The van der Waals surface area contributed by atoms with Crippen molar-refractivity contribution < 1.29 is 23.8 Å². The van der Waals surface area contributed by atoms with Gasteiger partial charge in [0.2, 0.25) is 0 Å². The summed E-state index contributed by atoms with van der Waals surface area (Å²) in [7, 11) is 0. The van der Waals surface area contributed by atoms with Crippen molar-refractivity contribution in [3.8, 4) is 11.5 Å². The zero-order chi connectivity index (χ0) is 25.1. The highest BCUT2D eigenvalue weighted by molar-refractivity contribution is 5.86. The molecule has 0 aromatic heterocycles. The monoisotopic (exact) mass is 485 g/mol. The van der Waals surface area contributed by atoms with Crippen molar-refractivity contribution in [2.24, 2.45) is 0 Å². The largest absolute Gasteiger partial charge is 0.489 e. The molecule has 2 N–H and O–H groups in total. The Morgan fingerprint density at radius 2 is 1.75 bits per heavy atom. The van der Waals surface area contributed by atoms with Crippen molar-refractivity contribution in [1.29, 1.82) is 0 Å². The first-order chi connectivity index (χ1) is 17.5. The van der Waals surface area contributed by atoms with Gasteiger partial charge in [0.15, 0.2) is 18.2 Å². The van der Waals surface area contributed by atoms with E-state index in [0.29, 0.717) is 18.5 Å². The molecule has 4 aromatic carbocycles. The maximum Gasteiger partial charge on any atom is 0.341 e. The molecule has 3 atom stereocenters. The highest BCUT2D eigenvalue weighted by atomic mass is 19.1. The normalized spacial score (nSPS) is 17.7. The Labute approximate surface area is 209 Å². The number of fused-ring (bicyclic) bond motifs is 2. The minimum Gasteiger partial charge on any atom is -0.489 e. The number of carboxylic acid groups (broad SMARTS) is 1. The molecule has 6 heteroatoms. The van der Waals surface area contributed by atoms with Crippen molar-refractivity contribution in [2.45, 2.75) is 31.4 Å². The molecule has 0 radical (unpaired) electrons. The van der Waals surface area contributed by atoms with E-state index < -0.39 is 18.4 Å². The molecule has 184 valence electrons. The van der Waals surface area contributed by atoms with Crippen LogP contribution in [0.5, 0.6) is 11.5 Å². The van der Waals surface area contributed by atoms with E-state index >= 15 is 4.39 Å². The lowest BCUT2D eigenvalue weighted by Crippen LogP contribution is -2.37. The lowest BCUT2D eigenvalue weighted by molar-refractivity contribution is -0.139. The van der Waals surface area contributed by atoms with Gasteiger partial charge < -0.3 is 19.9 Å². The Morgan fingerprint density at radius 1 is 1.03 bits per heavy atom. The highest BCUT2D eigenvalue weighted by Crippen LogP contribution is 2.42. The minimum atomic E-state index is -1.15. The predicted octanol–water partition coefficient (Wildman–Crippen LogP) is 6.08. The van der Waals surface area contributed by atoms with Crippen LogP contribution in [0.2, 0.25) is 0 Å². The van der Waals surface area contributed by atoms with Crippen LogP contribution in [-0.4, -0.2) is 30.3 Å². The van der Waals surface area contributed by atoms with Gasteiger partial charge in [0.25, 0.3) is 0 Å². The van der Waals surface area contributed by atoms with Gasteiger partial charge in [-0.1, -0.05) is 72.8 Å². The molecule has 1 aliphatic heterocycles. The predicted molar refractivity (Wildman–Crippen MR) is 137 cm³/mol. The van der Waals surface area contributed by atoms with Gasteiger partial charge in [-0.15, -0.1) is 0 Å². The number of carboxylic acids is 1. The number of hydrogen-bond acceptors (Lipinski definition) is 4. The van der Waals surface area contributed by atoms with Crippen LogP contribution in [0.4, 0.5) is 4.39 Å². The number of benzene rings is 4. The summed E-state index contributed by atoms with van der Waals surface area (Å²) in [6, 6.07) is 27.3. The van der Waals surface area contributed by atoms with Crippen LogP contribution in [0.3, 0.4) is 0 Å². The lowest BCUT2D eigenvalue weighted by atomic mass is 9.83. The molecule has 0 fully saturated rings. The van der Waals surface area contributed by atoms with Crippen molar-refractivity contribution in [2.75, 3.05) is 13.2 Å². The molecule has 4 aromatic rings. The van der Waals surface area contributed by atoms with E-state index in [-0.39, 0.29) is 23.8 Å². The van der Waals surface area contributed by atoms with E-state index in [4.69, 9.17) is 14.6 Å². The van der Waals surface area contributed by atoms with E-state index in [1.165, 1.54) is 22.4 Å². The summed E-state index contributed by atoms with van der Waals surface area (Å²) in [6.45, 7) is 2.13. The van der Waals surface area contributed by atoms with Gasteiger partial charge in [-0.3, -0.25) is 0 Å². The molecule has 0 amide bonds. The summed E-state index contributed by atoms with van der Waals surface area (Å²) in [5, 5.41) is 15.0. The van der Waals surface area contributed by atoms with Gasteiger partial charge >= 0.3 is 5.97 Å². The fourth-order valence-corrected chi connectivity index (χ4v) is 5.01. The summed E-state index contributed by atoms with van der Waals surface area (Å²) in [5.41, 5.74) is 2.60. The van der Waals surface area contributed by atoms with Crippen LogP contribution >= 0.6 is 0 Å². The van der Waals surface area contributed by atoms with E-state index in [9.17, 15) is 4.79 Å². The Balaban J connectivity index is 1.37. The maximum absolute atomic E-state index is 15.4. The molecule has 5 nitrogen and oxygen atoms in total. The van der Waals surface area contributed by atoms with E-state index in [1.807, 2.05) is 36.4 Å². The zero-order valence-electron chi connectivity index (χ0n) is 20.0. The topological polar surface area (TPSA) is 67.8 Å². The molecule has 0 spiro atoms. The minimum absolute atomic E-state index is 0.0573. The Bertz CT molecular complexity index is 1380. The van der Waals surface area contributed by atoms with Gasteiger partial charge in [0, 0.05) is 24.1 Å². The van der Waals surface area contributed by atoms with Crippen LogP contribution in [0.1, 0.15) is 42.0 Å². The molecule has 0 bridgehead atoms. The standard InChI is InChI=1S/C30H28FNO4/c1-19(22-12-6-9-20-8-2-3-10-23(20)22)32-17-21-16-26(24-11-4-5-14-27(24)36-21)25-13-7-15-28(30(25)31)35-18-29(33)34/h2-15,19,21,26,32H,16-18H2,1H3,(H,33,34)/t19-,21-,26-/m1/s1. The van der Waals surface area contributed by atoms with Gasteiger partial charge in [0.05, 0.1) is 0 Å². The third-order valence-corrected chi connectivity index (χ3v) is 6.75. The number of para-hydroxylation sites is 1. The Kier molecular flexibility index (Phi) is 6.87. The summed E-state index contributed by atoms with van der Waals surface area (Å²) in [6.07, 6.45) is 0.399. The van der Waals surface area contributed by atoms with Crippen LogP contribution in [-0.2, 0) is 4.79 Å². The number of halogens is 1. The van der Waals surface area contributed by atoms with Gasteiger partial charge in [0.1, 0.15) is 11.9 Å². The van der Waals surface area contributed by atoms with E-state index in [2.05, 4.69) is 42.6 Å². The number of ether oxygens (including phenoxy) is 2. The third kappa shape index (κ3) is 4.90. The number of hydrogen-bond donors (Lipinski definition) is 2. The molecule has 0 saturated heterocycles. The fraction of sp³-hybridized carbons (Fsp3) is 0.233. The van der Waals surface area contributed by atoms with Crippen molar-refractivity contribution in [3.05, 3.63) is 107 Å². The average Bonchev–Trinajstić information content (AvgIpc) is 2.90. The third-order valence-electron chi connectivity index (χ3n) is 6.75. The molecule has 36 heavy (non-hydrogen) atoms. The van der Waals surface area contributed by atoms with Crippen LogP contribution < -0.4 is 14.8 Å². The first-order valence-corrected chi connectivity index (χ1v) is 12.1. The van der Waals surface area contributed by atoms with Crippen molar-refractivity contribution in [1.82, 2.24) is 5.32 Å². The zero-order valence-corrected chi connectivity index (χ0v) is 20.0. The van der Waals surface area contributed by atoms with Crippen LogP contribution in [0.15, 0.2) is 84.9 Å². The number of carbonyl (C=O) groups is 1. The SMILES string of the molecule is C[C@@H](NC[C@H]1C[C@@H](c2cccc(OCC(=O)O)c2F)c2ccccc2O1)c1cccc2ccccc12. The van der Waals surface area contributed by atoms with E-state index in [0.717, 1.165) is 11.3 Å². The first-order valence-electron chi connectivity index (χ1n) is 12.1. The second-order valence-electron chi connectivity index (χ2n) is 9.11. The average molecular weight is 486 g/mol. The highest BCUT2D eigenvalue weighted by Gasteiger charge is 2.32. The molecule has 1 aliphatic rings. The summed E-state index contributed by atoms with van der Waals surface area (Å²) in [4.78, 5) is 10.9. The smallest absolute Gasteiger partial charge is 0.341 e. The van der Waals surface area contributed by atoms with Gasteiger partial charge in [-0.2, -0.15) is 0 Å². The van der Waals surface area contributed by atoms with Gasteiger partial charge in [-0.25, -0.2) is 9.18 Å². The number of nitrogens with one attached hydrogen (secondary N) is 1.